The first-order chi connectivity index (χ1) is 10.7. The fourth-order valence-electron chi connectivity index (χ4n) is 3.80. The van der Waals surface area contributed by atoms with Crippen LogP contribution in [0, 0.1) is 5.92 Å². The summed E-state index contributed by atoms with van der Waals surface area (Å²) in [5, 5.41) is 19.6. The summed E-state index contributed by atoms with van der Waals surface area (Å²) in [7, 11) is 0. The number of imidazole rings is 1. The molecule has 3 heterocycles. The molecule has 114 valence electrons. The number of hydrogen-bond donors (Lipinski definition) is 2. The third kappa shape index (κ3) is 1.84. The van der Waals surface area contributed by atoms with Gasteiger partial charge in [-0.25, -0.2) is 9.78 Å². The molecule has 6 heteroatoms. The van der Waals surface area contributed by atoms with Gasteiger partial charge in [-0.05, 0) is 12.0 Å². The number of aliphatic hydroxyl groups is 1. The second-order valence-electron chi connectivity index (χ2n) is 5.97. The molecule has 2 aromatic rings. The Morgan fingerprint density at radius 1 is 1.32 bits per heavy atom. The Morgan fingerprint density at radius 3 is 2.91 bits per heavy atom. The molecule has 0 radical (unpaired) electrons. The lowest BCUT2D eigenvalue weighted by molar-refractivity contribution is 0.0111. The lowest BCUT2D eigenvalue weighted by Gasteiger charge is -2.38. The summed E-state index contributed by atoms with van der Waals surface area (Å²) >= 11 is 0. The van der Waals surface area contributed by atoms with Crippen molar-refractivity contribution in [2.45, 2.75) is 18.6 Å². The zero-order chi connectivity index (χ0) is 15.3. The Labute approximate surface area is 127 Å². The second-order valence-corrected chi connectivity index (χ2v) is 5.97. The van der Waals surface area contributed by atoms with Gasteiger partial charge in [0.05, 0.1) is 36.9 Å². The number of β-amino-alcohol motifs (C(OH)–C–C–N with tert-alkyl or cyclic N) is 1. The van der Waals surface area contributed by atoms with E-state index in [9.17, 15) is 9.90 Å². The van der Waals surface area contributed by atoms with Crippen molar-refractivity contribution in [2.24, 2.45) is 5.92 Å². The minimum Gasteiger partial charge on any atom is -0.465 e. The normalized spacial score (nSPS) is 26.6. The number of piperidine rings is 1. The van der Waals surface area contributed by atoms with Gasteiger partial charge >= 0.3 is 6.09 Å². The van der Waals surface area contributed by atoms with Crippen LogP contribution in [0.3, 0.4) is 0 Å². The van der Waals surface area contributed by atoms with E-state index in [1.165, 1.54) is 10.5 Å². The molecule has 4 rings (SSSR count). The molecule has 1 unspecified atom stereocenters. The molecular weight excluding hydrogens is 282 g/mol. The molecule has 22 heavy (non-hydrogen) atoms. The van der Waals surface area contributed by atoms with Gasteiger partial charge in [0.1, 0.15) is 0 Å². The van der Waals surface area contributed by atoms with Crippen molar-refractivity contribution >= 4 is 6.09 Å². The molecule has 1 amide bonds. The van der Waals surface area contributed by atoms with Crippen LogP contribution >= 0.6 is 0 Å². The van der Waals surface area contributed by atoms with Gasteiger partial charge < -0.3 is 19.7 Å². The van der Waals surface area contributed by atoms with Crippen molar-refractivity contribution in [3.05, 3.63) is 42.4 Å². The molecule has 1 saturated heterocycles. The predicted molar refractivity (Wildman–Crippen MR) is 79.5 cm³/mol. The largest absolute Gasteiger partial charge is 0.465 e. The molecule has 0 aliphatic carbocycles. The summed E-state index contributed by atoms with van der Waals surface area (Å²) in [5.74, 6) is -0.00722. The molecule has 1 fully saturated rings. The van der Waals surface area contributed by atoms with Crippen molar-refractivity contribution in [1.82, 2.24) is 14.5 Å². The Balaban J connectivity index is 1.70. The van der Waals surface area contributed by atoms with Crippen LogP contribution < -0.4 is 0 Å². The summed E-state index contributed by atoms with van der Waals surface area (Å²) in [4.78, 5) is 16.6. The Kier molecular flexibility index (Phi) is 2.94. The quantitative estimate of drug-likeness (QED) is 0.842. The van der Waals surface area contributed by atoms with Gasteiger partial charge in [0.15, 0.2) is 0 Å². The number of rotatable bonds is 1. The topological polar surface area (TPSA) is 78.6 Å². The fourth-order valence-corrected chi connectivity index (χ4v) is 3.80. The van der Waals surface area contributed by atoms with Gasteiger partial charge in [-0.1, -0.05) is 24.3 Å². The average molecular weight is 299 g/mol. The summed E-state index contributed by atoms with van der Waals surface area (Å²) < 4.78 is 2.11. The van der Waals surface area contributed by atoms with Crippen LogP contribution in [0.15, 0.2) is 36.8 Å². The number of nitrogens with zero attached hydrogens (tertiary/aromatic N) is 3. The van der Waals surface area contributed by atoms with Crippen molar-refractivity contribution in [3.8, 4) is 11.3 Å². The molecule has 6 nitrogen and oxygen atoms in total. The molecule has 2 N–H and O–H groups in total. The van der Waals surface area contributed by atoms with E-state index < -0.39 is 12.2 Å². The molecule has 0 saturated carbocycles. The number of carboxylic acid groups (broad SMARTS) is 1. The van der Waals surface area contributed by atoms with E-state index in [-0.39, 0.29) is 18.5 Å². The highest BCUT2D eigenvalue weighted by Gasteiger charge is 2.40. The van der Waals surface area contributed by atoms with Crippen LogP contribution in [0.1, 0.15) is 18.0 Å². The van der Waals surface area contributed by atoms with Crippen molar-refractivity contribution in [3.63, 3.8) is 0 Å². The SMILES string of the molecule is O=C(O)N1CC[C@H](C2c3ccccc3-c3cncn32)[C@@H](O)C1. The van der Waals surface area contributed by atoms with E-state index in [1.54, 1.807) is 6.33 Å². The Morgan fingerprint density at radius 2 is 2.14 bits per heavy atom. The fraction of sp³-hybridized carbons (Fsp3) is 0.375. The molecular formula is C16H17N3O3. The van der Waals surface area contributed by atoms with Gasteiger partial charge in [0.2, 0.25) is 0 Å². The maximum absolute atomic E-state index is 11.1. The molecule has 0 spiro atoms. The lowest BCUT2D eigenvalue weighted by Crippen LogP contribution is -2.48. The smallest absolute Gasteiger partial charge is 0.407 e. The number of fused-ring (bicyclic) bond motifs is 3. The summed E-state index contributed by atoms with van der Waals surface area (Å²) in [5.41, 5.74) is 3.40. The van der Waals surface area contributed by atoms with E-state index >= 15 is 0 Å². The zero-order valence-electron chi connectivity index (χ0n) is 12.0. The monoisotopic (exact) mass is 299 g/mol. The first-order valence-electron chi connectivity index (χ1n) is 7.44. The maximum Gasteiger partial charge on any atom is 0.407 e. The van der Waals surface area contributed by atoms with Crippen LogP contribution in [0.5, 0.6) is 0 Å². The van der Waals surface area contributed by atoms with Crippen molar-refractivity contribution < 1.29 is 15.0 Å². The van der Waals surface area contributed by atoms with E-state index in [4.69, 9.17) is 5.11 Å². The molecule has 2 aliphatic heterocycles. The van der Waals surface area contributed by atoms with Gasteiger partial charge in [-0.3, -0.25) is 0 Å². The highest BCUT2D eigenvalue weighted by atomic mass is 16.4. The summed E-state index contributed by atoms with van der Waals surface area (Å²) in [6.45, 7) is 0.627. The second kappa shape index (κ2) is 4.84. The average Bonchev–Trinajstić information content (AvgIpc) is 3.08. The molecule has 1 aromatic heterocycles. The van der Waals surface area contributed by atoms with Gasteiger partial charge in [-0.15, -0.1) is 0 Å². The van der Waals surface area contributed by atoms with Crippen LogP contribution in [0.25, 0.3) is 11.3 Å². The summed E-state index contributed by atoms with van der Waals surface area (Å²) in [6.07, 6.45) is 2.65. The molecule has 0 bridgehead atoms. The van der Waals surface area contributed by atoms with Crippen molar-refractivity contribution in [1.29, 1.82) is 0 Å². The van der Waals surface area contributed by atoms with Gasteiger partial charge in [-0.2, -0.15) is 0 Å². The van der Waals surface area contributed by atoms with Gasteiger partial charge in [0.25, 0.3) is 0 Å². The third-order valence-corrected chi connectivity index (χ3v) is 4.83. The number of aliphatic hydroxyl groups excluding tert-OH is 1. The predicted octanol–water partition coefficient (Wildman–Crippen LogP) is 1.81. The van der Waals surface area contributed by atoms with E-state index in [0.717, 1.165) is 11.3 Å². The van der Waals surface area contributed by atoms with Crippen molar-refractivity contribution in [2.75, 3.05) is 13.1 Å². The van der Waals surface area contributed by atoms with Crippen LogP contribution in [0.2, 0.25) is 0 Å². The third-order valence-electron chi connectivity index (χ3n) is 4.83. The Hall–Kier alpha value is -2.34. The first kappa shape index (κ1) is 13.3. The number of amides is 1. The Bertz CT molecular complexity index is 727. The molecule has 1 aromatic carbocycles. The maximum atomic E-state index is 11.1. The number of aromatic nitrogens is 2. The lowest BCUT2D eigenvalue weighted by atomic mass is 9.83. The molecule has 3 atom stereocenters. The molecule has 2 aliphatic rings. The first-order valence-corrected chi connectivity index (χ1v) is 7.44. The van der Waals surface area contributed by atoms with Gasteiger partial charge in [0, 0.05) is 18.0 Å². The number of carbonyl (C=O) groups is 1. The standard InChI is InChI=1S/C16H17N3O3/c20-14-8-18(16(21)22)6-5-12(14)15-11-4-2-1-3-10(11)13-7-17-9-19(13)15/h1-4,7,9,12,14-15,20H,5-6,8H2,(H,21,22)/t12-,14-,15?/m0/s1. The van der Waals surface area contributed by atoms with Crippen LogP contribution in [-0.4, -0.2) is 50.0 Å². The van der Waals surface area contributed by atoms with E-state index in [0.29, 0.717) is 13.0 Å². The number of likely N-dealkylation sites (tertiary alicyclic amines) is 1. The van der Waals surface area contributed by atoms with Crippen LogP contribution in [-0.2, 0) is 0 Å². The summed E-state index contributed by atoms with van der Waals surface area (Å²) in [6, 6.07) is 8.19. The highest BCUT2D eigenvalue weighted by molar-refractivity contribution is 5.69. The number of benzene rings is 1. The zero-order valence-corrected chi connectivity index (χ0v) is 12.0. The van der Waals surface area contributed by atoms with E-state index in [1.807, 2.05) is 18.3 Å². The van der Waals surface area contributed by atoms with Crippen LogP contribution in [0.4, 0.5) is 4.79 Å². The highest BCUT2D eigenvalue weighted by Crippen LogP contribution is 2.45. The van der Waals surface area contributed by atoms with E-state index in [2.05, 4.69) is 21.7 Å². The minimum absolute atomic E-state index is 0.00722. The number of hydrogen-bond acceptors (Lipinski definition) is 3. The minimum atomic E-state index is -0.965.